The van der Waals surface area contributed by atoms with Crippen molar-refractivity contribution in [3.8, 4) is 22.0 Å². The molecule has 5 aromatic rings. The van der Waals surface area contributed by atoms with Gasteiger partial charge in [0.1, 0.15) is 5.52 Å². The fraction of sp³-hybridized carbons (Fsp3) is 0.161. The van der Waals surface area contributed by atoms with E-state index in [4.69, 9.17) is 9.97 Å². The highest BCUT2D eigenvalue weighted by Gasteiger charge is 2.24. The van der Waals surface area contributed by atoms with E-state index >= 15 is 0 Å². The first-order valence-electron chi connectivity index (χ1n) is 12.9. The van der Waals surface area contributed by atoms with Crippen LogP contribution in [0.3, 0.4) is 0 Å². The summed E-state index contributed by atoms with van der Waals surface area (Å²) in [7, 11) is 0. The SMILES string of the molecule is C=C/C(=C\C(=C/C)c1ccc2[nH]nc(-c3nc4nccc(-c5ccc(C(=C)C)s5)c4[nH]3)c2n1)NC(=C)C1CC1. The van der Waals surface area contributed by atoms with Gasteiger partial charge >= 0.3 is 0 Å². The first-order valence-corrected chi connectivity index (χ1v) is 13.7. The number of fused-ring (bicyclic) bond motifs is 2. The molecule has 0 unspecified atom stereocenters. The van der Waals surface area contributed by atoms with Crippen molar-refractivity contribution in [2.45, 2.75) is 26.7 Å². The predicted molar refractivity (Wildman–Crippen MR) is 162 cm³/mol. The molecule has 8 heteroatoms. The van der Waals surface area contributed by atoms with E-state index in [2.05, 4.69) is 57.4 Å². The number of allylic oxidation sites excluding steroid dienone is 6. The molecule has 194 valence electrons. The van der Waals surface area contributed by atoms with E-state index in [1.165, 1.54) is 12.8 Å². The second-order valence-electron chi connectivity index (χ2n) is 9.72. The summed E-state index contributed by atoms with van der Waals surface area (Å²) in [6.07, 6.45) is 10.1. The van der Waals surface area contributed by atoms with E-state index in [0.717, 1.165) is 60.1 Å². The summed E-state index contributed by atoms with van der Waals surface area (Å²) in [5.41, 5.74) is 9.53. The molecule has 0 amide bonds. The second-order valence-corrected chi connectivity index (χ2v) is 10.8. The molecule has 3 N–H and O–H groups in total. The van der Waals surface area contributed by atoms with Gasteiger partial charge in [0.2, 0.25) is 0 Å². The Morgan fingerprint density at radius 3 is 2.69 bits per heavy atom. The highest BCUT2D eigenvalue weighted by molar-refractivity contribution is 7.16. The minimum Gasteiger partial charge on any atom is -0.359 e. The molecule has 5 heterocycles. The first-order chi connectivity index (χ1) is 18.9. The molecule has 1 fully saturated rings. The van der Waals surface area contributed by atoms with Gasteiger partial charge in [0, 0.05) is 32.9 Å². The van der Waals surface area contributed by atoms with Gasteiger partial charge in [-0.3, -0.25) is 5.10 Å². The summed E-state index contributed by atoms with van der Waals surface area (Å²) in [6, 6.07) is 10.2. The maximum atomic E-state index is 4.99. The summed E-state index contributed by atoms with van der Waals surface area (Å²) >= 11 is 1.70. The third-order valence-corrected chi connectivity index (χ3v) is 8.11. The van der Waals surface area contributed by atoms with Crippen LogP contribution in [-0.4, -0.2) is 30.1 Å². The van der Waals surface area contributed by atoms with E-state index in [-0.39, 0.29) is 0 Å². The largest absolute Gasteiger partial charge is 0.359 e. The van der Waals surface area contributed by atoms with Crippen molar-refractivity contribution < 1.29 is 0 Å². The molecule has 1 aliphatic carbocycles. The fourth-order valence-electron chi connectivity index (χ4n) is 4.50. The minimum absolute atomic E-state index is 0.553. The first kappa shape index (κ1) is 24.8. The molecular weight excluding hydrogens is 502 g/mol. The zero-order valence-corrected chi connectivity index (χ0v) is 22.8. The number of aromatic nitrogens is 6. The van der Waals surface area contributed by atoms with Crippen LogP contribution in [0.15, 0.2) is 85.9 Å². The number of rotatable bonds is 9. The molecule has 0 aliphatic heterocycles. The van der Waals surface area contributed by atoms with Crippen LogP contribution in [0.5, 0.6) is 0 Å². The van der Waals surface area contributed by atoms with Crippen LogP contribution in [0, 0.1) is 5.92 Å². The topological polar surface area (TPSA) is 95.2 Å². The standard InChI is InChI=1S/C31H29N7S/c1-6-19(16-21(7-2)33-18(5)20-8-9-20)23-10-11-24-28(34-23)29(38-37-24)31-35-27-22(14-15-32-30(27)36-31)26-13-12-25(39-26)17(3)4/h6-7,10-16,20,33H,2-3,5,8-9H2,1,4H3,(H,37,38)(H,32,35,36)/b19-6+,21-16+. The summed E-state index contributed by atoms with van der Waals surface area (Å²) in [6.45, 7) is 16.2. The second kappa shape index (κ2) is 9.96. The molecule has 0 bridgehead atoms. The highest BCUT2D eigenvalue weighted by Crippen LogP contribution is 2.36. The number of hydrogen-bond acceptors (Lipinski definition) is 6. The number of nitrogens with one attached hydrogen (secondary N) is 3. The van der Waals surface area contributed by atoms with E-state index in [0.29, 0.717) is 23.1 Å². The van der Waals surface area contributed by atoms with Crippen molar-refractivity contribution >= 4 is 44.7 Å². The molecule has 5 aromatic heterocycles. The maximum Gasteiger partial charge on any atom is 0.178 e. The third-order valence-electron chi connectivity index (χ3n) is 6.83. The van der Waals surface area contributed by atoms with Gasteiger partial charge in [-0.2, -0.15) is 5.10 Å². The van der Waals surface area contributed by atoms with Crippen molar-refractivity contribution in [2.24, 2.45) is 5.92 Å². The van der Waals surface area contributed by atoms with E-state index in [9.17, 15) is 0 Å². The van der Waals surface area contributed by atoms with Crippen LogP contribution < -0.4 is 5.32 Å². The molecule has 0 atom stereocenters. The Hall–Kier alpha value is -4.56. The number of thiophene rings is 1. The Kier molecular flexibility index (Phi) is 6.32. The summed E-state index contributed by atoms with van der Waals surface area (Å²) in [5, 5.41) is 11.1. The number of hydrogen-bond donors (Lipinski definition) is 3. The molecule has 1 aliphatic rings. The van der Waals surface area contributed by atoms with E-state index in [1.807, 2.05) is 50.3 Å². The van der Waals surface area contributed by atoms with Gasteiger partial charge in [-0.1, -0.05) is 25.8 Å². The van der Waals surface area contributed by atoms with Crippen molar-refractivity contribution in [1.29, 1.82) is 0 Å². The average molecular weight is 532 g/mol. The highest BCUT2D eigenvalue weighted by atomic mass is 32.1. The van der Waals surface area contributed by atoms with Crippen LogP contribution in [-0.2, 0) is 0 Å². The van der Waals surface area contributed by atoms with Crippen LogP contribution in [0.2, 0.25) is 0 Å². The summed E-state index contributed by atoms with van der Waals surface area (Å²) in [5.74, 6) is 1.17. The Morgan fingerprint density at radius 1 is 1.13 bits per heavy atom. The Morgan fingerprint density at radius 2 is 1.97 bits per heavy atom. The number of aromatic amines is 2. The van der Waals surface area contributed by atoms with Crippen LogP contribution in [0.25, 0.3) is 55.3 Å². The Bertz CT molecular complexity index is 1820. The average Bonchev–Trinajstić information content (AvgIpc) is 3.33. The van der Waals surface area contributed by atoms with Crippen LogP contribution in [0.4, 0.5) is 0 Å². The van der Waals surface area contributed by atoms with Crippen LogP contribution >= 0.6 is 11.3 Å². The predicted octanol–water partition coefficient (Wildman–Crippen LogP) is 7.64. The molecule has 1 saturated carbocycles. The lowest BCUT2D eigenvalue weighted by Crippen LogP contribution is -2.11. The molecule has 0 spiro atoms. The zero-order chi connectivity index (χ0) is 27.1. The maximum absolute atomic E-state index is 4.99. The van der Waals surface area contributed by atoms with Gasteiger partial charge in [0.25, 0.3) is 0 Å². The Labute approximate surface area is 230 Å². The van der Waals surface area contributed by atoms with Gasteiger partial charge in [-0.15, -0.1) is 11.3 Å². The number of pyridine rings is 2. The van der Waals surface area contributed by atoms with Crippen molar-refractivity contribution in [2.75, 3.05) is 0 Å². The number of H-pyrrole nitrogens is 2. The third kappa shape index (κ3) is 4.75. The van der Waals surface area contributed by atoms with Crippen molar-refractivity contribution in [3.63, 3.8) is 0 Å². The van der Waals surface area contributed by atoms with Gasteiger partial charge in [0.15, 0.2) is 17.2 Å². The molecular formula is C31H29N7S. The molecule has 0 aromatic carbocycles. The monoisotopic (exact) mass is 531 g/mol. The van der Waals surface area contributed by atoms with Gasteiger partial charge in [-0.25, -0.2) is 15.0 Å². The lowest BCUT2D eigenvalue weighted by Gasteiger charge is -2.11. The lowest BCUT2D eigenvalue weighted by molar-refractivity contribution is 0.865. The van der Waals surface area contributed by atoms with Gasteiger partial charge in [-0.05, 0) is 86.2 Å². The minimum atomic E-state index is 0.553. The van der Waals surface area contributed by atoms with Gasteiger partial charge in [0.05, 0.1) is 16.7 Å². The van der Waals surface area contributed by atoms with Crippen LogP contribution in [0.1, 0.15) is 37.3 Å². The van der Waals surface area contributed by atoms with E-state index in [1.54, 1.807) is 17.5 Å². The zero-order valence-electron chi connectivity index (χ0n) is 22.0. The molecule has 7 nitrogen and oxygen atoms in total. The molecule has 0 saturated heterocycles. The normalized spacial score (nSPS) is 14.2. The molecule has 0 radical (unpaired) electrons. The smallest absolute Gasteiger partial charge is 0.178 e. The summed E-state index contributed by atoms with van der Waals surface area (Å²) < 4.78 is 0. The number of nitrogens with zero attached hydrogens (tertiary/aromatic N) is 4. The van der Waals surface area contributed by atoms with Gasteiger partial charge < -0.3 is 10.3 Å². The Balaban J connectivity index is 1.38. The number of imidazole rings is 1. The molecule has 39 heavy (non-hydrogen) atoms. The lowest BCUT2D eigenvalue weighted by atomic mass is 10.1. The van der Waals surface area contributed by atoms with E-state index < -0.39 is 0 Å². The molecule has 6 rings (SSSR count). The van der Waals surface area contributed by atoms with Crippen molar-refractivity contribution in [3.05, 3.63) is 96.5 Å². The fourth-order valence-corrected chi connectivity index (χ4v) is 5.47. The van der Waals surface area contributed by atoms with Crippen molar-refractivity contribution in [1.82, 2.24) is 35.5 Å². The quantitative estimate of drug-likeness (QED) is 0.170. The summed E-state index contributed by atoms with van der Waals surface area (Å²) in [4.78, 5) is 20.0.